The maximum Gasteiger partial charge on any atom is 0.342 e. The Bertz CT molecular complexity index is 1540. The van der Waals surface area contributed by atoms with Gasteiger partial charge in [-0.05, 0) is 63.2 Å². The number of aryl methyl sites for hydroxylation is 2. The molecule has 0 bridgehead atoms. The first-order valence-corrected chi connectivity index (χ1v) is 12.6. The van der Waals surface area contributed by atoms with Gasteiger partial charge in [-0.2, -0.15) is 4.31 Å². The van der Waals surface area contributed by atoms with Gasteiger partial charge in [-0.3, -0.25) is 4.79 Å². The summed E-state index contributed by atoms with van der Waals surface area (Å²) in [5.41, 5.74) is 1.42. The molecule has 0 aliphatic rings. The largest absolute Gasteiger partial charge is 0.462 e. The number of fused-ring (bicyclic) bond motifs is 1. The van der Waals surface area contributed by atoms with E-state index in [1.165, 1.54) is 42.5 Å². The molecule has 0 saturated carbocycles. The van der Waals surface area contributed by atoms with Gasteiger partial charge in [0.1, 0.15) is 16.9 Å². The van der Waals surface area contributed by atoms with Gasteiger partial charge in [-0.25, -0.2) is 13.2 Å². The fourth-order valence-corrected chi connectivity index (χ4v) is 5.33. The van der Waals surface area contributed by atoms with Gasteiger partial charge in [0.15, 0.2) is 0 Å². The Balaban J connectivity index is 1.95. The van der Waals surface area contributed by atoms with Gasteiger partial charge < -0.3 is 9.15 Å². The Morgan fingerprint density at radius 2 is 1.69 bits per heavy atom. The SMILES string of the molecule is CCOC(=O)c1c(C)oc2ccc(N(C(=O)c3ccccc3Cl)S(=O)(=O)c3ccc(C)cc3)cc12. The number of ether oxygens (including phenoxy) is 1. The van der Waals surface area contributed by atoms with Gasteiger partial charge in [0.05, 0.1) is 27.8 Å². The third-order valence-electron chi connectivity index (χ3n) is 5.41. The fraction of sp³-hybridized carbons (Fsp3) is 0.154. The highest BCUT2D eigenvalue weighted by Crippen LogP contribution is 2.34. The van der Waals surface area contributed by atoms with Crippen LogP contribution in [0.3, 0.4) is 0 Å². The molecule has 4 aromatic rings. The van der Waals surface area contributed by atoms with Crippen molar-refractivity contribution in [1.29, 1.82) is 0 Å². The number of carbonyl (C=O) groups excluding carboxylic acids is 2. The standard InChI is InChI=1S/C26H22ClNO6S/c1-4-33-26(30)24-17(3)34-23-14-11-18(15-21(23)24)28(25(29)20-7-5-6-8-22(20)27)35(31,32)19-12-9-16(2)10-13-19/h5-15H,4H2,1-3H3. The number of hydrogen-bond acceptors (Lipinski definition) is 6. The number of benzene rings is 3. The first kappa shape index (κ1) is 24.5. The lowest BCUT2D eigenvalue weighted by molar-refractivity contribution is 0.0526. The Hall–Kier alpha value is -3.62. The summed E-state index contributed by atoms with van der Waals surface area (Å²) in [6.45, 7) is 5.28. The Morgan fingerprint density at radius 3 is 2.34 bits per heavy atom. The molecule has 0 aliphatic carbocycles. The average molecular weight is 512 g/mol. The van der Waals surface area contributed by atoms with Crippen molar-refractivity contribution < 1.29 is 27.2 Å². The quantitative estimate of drug-likeness (QED) is 0.298. The van der Waals surface area contributed by atoms with Gasteiger partial charge >= 0.3 is 5.97 Å². The molecule has 1 amide bonds. The lowest BCUT2D eigenvalue weighted by Crippen LogP contribution is -2.37. The van der Waals surface area contributed by atoms with Crippen LogP contribution in [0, 0.1) is 13.8 Å². The molecule has 0 aliphatic heterocycles. The molecule has 4 rings (SSSR count). The van der Waals surface area contributed by atoms with Crippen molar-refractivity contribution in [3.63, 3.8) is 0 Å². The van der Waals surface area contributed by atoms with Crippen LogP contribution in [0.15, 0.2) is 76.0 Å². The van der Waals surface area contributed by atoms with Crippen molar-refractivity contribution in [2.75, 3.05) is 10.9 Å². The molecule has 0 atom stereocenters. The van der Waals surface area contributed by atoms with Crippen LogP contribution in [-0.2, 0) is 14.8 Å². The van der Waals surface area contributed by atoms with E-state index < -0.39 is 21.9 Å². The molecular formula is C26H22ClNO6S. The number of furan rings is 1. The third-order valence-corrected chi connectivity index (χ3v) is 7.46. The molecule has 3 aromatic carbocycles. The summed E-state index contributed by atoms with van der Waals surface area (Å²) in [5, 5.41) is 0.434. The van der Waals surface area contributed by atoms with E-state index in [9.17, 15) is 18.0 Å². The number of anilines is 1. The van der Waals surface area contributed by atoms with Crippen LogP contribution >= 0.6 is 11.6 Å². The molecular weight excluding hydrogens is 490 g/mol. The van der Waals surface area contributed by atoms with E-state index in [2.05, 4.69) is 0 Å². The summed E-state index contributed by atoms with van der Waals surface area (Å²) in [7, 11) is -4.36. The number of nitrogens with zero attached hydrogens (tertiary/aromatic N) is 1. The molecule has 7 nitrogen and oxygen atoms in total. The van der Waals surface area contributed by atoms with Gasteiger partial charge in [0.2, 0.25) is 0 Å². The van der Waals surface area contributed by atoms with Crippen molar-refractivity contribution in [2.45, 2.75) is 25.7 Å². The molecule has 1 aromatic heterocycles. The lowest BCUT2D eigenvalue weighted by atomic mass is 10.1. The number of sulfonamides is 1. The summed E-state index contributed by atoms with van der Waals surface area (Å²) in [4.78, 5) is 26.2. The zero-order chi connectivity index (χ0) is 25.3. The second kappa shape index (κ2) is 9.56. The number of halogens is 1. The highest BCUT2D eigenvalue weighted by molar-refractivity contribution is 7.93. The van der Waals surface area contributed by atoms with E-state index in [-0.39, 0.29) is 33.3 Å². The van der Waals surface area contributed by atoms with Gasteiger partial charge in [-0.15, -0.1) is 0 Å². The summed E-state index contributed by atoms with van der Waals surface area (Å²) in [6.07, 6.45) is 0. The zero-order valence-corrected chi connectivity index (χ0v) is 20.8. The van der Waals surface area contributed by atoms with Crippen molar-refractivity contribution in [3.05, 3.63) is 94.2 Å². The second-order valence-corrected chi connectivity index (χ2v) is 10.00. The molecule has 0 N–H and O–H groups in total. The van der Waals surface area contributed by atoms with E-state index in [1.54, 1.807) is 38.1 Å². The molecule has 0 spiro atoms. The normalized spacial score (nSPS) is 11.4. The molecule has 9 heteroatoms. The molecule has 0 fully saturated rings. The second-order valence-electron chi connectivity index (χ2n) is 7.80. The molecule has 180 valence electrons. The van der Waals surface area contributed by atoms with E-state index in [1.807, 2.05) is 6.92 Å². The Morgan fingerprint density at radius 1 is 1.00 bits per heavy atom. The van der Waals surface area contributed by atoms with Gasteiger partial charge in [0, 0.05) is 5.39 Å². The molecule has 0 saturated heterocycles. The van der Waals surface area contributed by atoms with E-state index in [4.69, 9.17) is 20.8 Å². The van der Waals surface area contributed by atoms with Crippen molar-refractivity contribution in [3.8, 4) is 0 Å². The Labute approximate surface area is 207 Å². The molecule has 35 heavy (non-hydrogen) atoms. The molecule has 0 unspecified atom stereocenters. The first-order valence-electron chi connectivity index (χ1n) is 10.8. The minimum Gasteiger partial charge on any atom is -0.462 e. The minimum absolute atomic E-state index is 0.0129. The highest BCUT2D eigenvalue weighted by atomic mass is 35.5. The zero-order valence-electron chi connectivity index (χ0n) is 19.2. The van der Waals surface area contributed by atoms with Crippen LogP contribution in [0.5, 0.6) is 0 Å². The highest BCUT2D eigenvalue weighted by Gasteiger charge is 2.33. The summed E-state index contributed by atoms with van der Waals surface area (Å²) >= 11 is 6.25. The van der Waals surface area contributed by atoms with Crippen molar-refractivity contribution in [2.24, 2.45) is 0 Å². The van der Waals surface area contributed by atoms with Crippen molar-refractivity contribution >= 4 is 50.2 Å². The maximum absolute atomic E-state index is 13.8. The van der Waals surface area contributed by atoms with Crippen LogP contribution in [0.2, 0.25) is 5.02 Å². The van der Waals surface area contributed by atoms with Gasteiger partial charge in [-0.1, -0.05) is 41.4 Å². The molecule has 1 heterocycles. The maximum atomic E-state index is 13.8. The predicted molar refractivity (Wildman–Crippen MR) is 134 cm³/mol. The minimum atomic E-state index is -4.36. The topological polar surface area (TPSA) is 93.9 Å². The van der Waals surface area contributed by atoms with Crippen LogP contribution < -0.4 is 4.31 Å². The monoisotopic (exact) mass is 511 g/mol. The molecule has 0 radical (unpaired) electrons. The fourth-order valence-electron chi connectivity index (χ4n) is 3.72. The average Bonchev–Trinajstić information content (AvgIpc) is 3.15. The van der Waals surface area contributed by atoms with Crippen LogP contribution in [0.4, 0.5) is 5.69 Å². The number of hydrogen-bond donors (Lipinski definition) is 0. The van der Waals surface area contributed by atoms with E-state index in [0.717, 1.165) is 5.56 Å². The number of amides is 1. The number of esters is 1. The van der Waals surface area contributed by atoms with E-state index >= 15 is 0 Å². The van der Waals surface area contributed by atoms with Crippen LogP contribution in [-0.4, -0.2) is 26.9 Å². The lowest BCUT2D eigenvalue weighted by Gasteiger charge is -2.23. The third kappa shape index (κ3) is 4.54. The summed E-state index contributed by atoms with van der Waals surface area (Å²) < 4.78 is 39.1. The summed E-state index contributed by atoms with van der Waals surface area (Å²) in [5.74, 6) is -1.12. The Kier molecular flexibility index (Phi) is 6.69. The first-order chi connectivity index (χ1) is 16.6. The smallest absolute Gasteiger partial charge is 0.342 e. The van der Waals surface area contributed by atoms with E-state index in [0.29, 0.717) is 21.0 Å². The predicted octanol–water partition coefficient (Wildman–Crippen LogP) is 5.92. The van der Waals surface area contributed by atoms with Gasteiger partial charge in [0.25, 0.3) is 15.9 Å². The van der Waals surface area contributed by atoms with Crippen LogP contribution in [0.1, 0.15) is 39.0 Å². The van der Waals surface area contributed by atoms with Crippen LogP contribution in [0.25, 0.3) is 11.0 Å². The van der Waals surface area contributed by atoms with Crippen molar-refractivity contribution in [1.82, 2.24) is 0 Å². The number of rotatable bonds is 6. The number of carbonyl (C=O) groups is 2. The summed E-state index contributed by atoms with van der Waals surface area (Å²) in [6, 6.07) is 16.7.